The van der Waals surface area contributed by atoms with Crippen molar-refractivity contribution in [3.8, 4) is 11.3 Å². The Balaban J connectivity index is 2.29. The standard InChI is InChI=1S/C12H13NO2/c1-9-3-2-4-10(7-9)12-8-11(5-6-14)13-15-12/h2-4,7-8,14H,5-6H2,1H3. The van der Waals surface area contributed by atoms with Crippen molar-refractivity contribution >= 4 is 0 Å². The summed E-state index contributed by atoms with van der Waals surface area (Å²) in [7, 11) is 0. The Morgan fingerprint density at radius 3 is 2.93 bits per heavy atom. The van der Waals surface area contributed by atoms with Gasteiger partial charge in [-0.05, 0) is 13.0 Å². The predicted octanol–water partition coefficient (Wildman–Crippen LogP) is 2.18. The van der Waals surface area contributed by atoms with E-state index in [0.29, 0.717) is 6.42 Å². The molecule has 0 spiro atoms. The lowest BCUT2D eigenvalue weighted by molar-refractivity contribution is 0.294. The Kier molecular flexibility index (Phi) is 2.83. The topological polar surface area (TPSA) is 46.3 Å². The quantitative estimate of drug-likeness (QED) is 0.831. The van der Waals surface area contributed by atoms with Crippen molar-refractivity contribution in [3.63, 3.8) is 0 Å². The van der Waals surface area contributed by atoms with Crippen molar-refractivity contribution < 1.29 is 9.63 Å². The smallest absolute Gasteiger partial charge is 0.167 e. The van der Waals surface area contributed by atoms with Gasteiger partial charge in [-0.15, -0.1) is 0 Å². The van der Waals surface area contributed by atoms with Gasteiger partial charge in [0, 0.05) is 24.7 Å². The molecule has 0 aliphatic carbocycles. The number of benzene rings is 1. The third kappa shape index (κ3) is 2.25. The molecule has 1 N–H and O–H groups in total. The Hall–Kier alpha value is -1.61. The van der Waals surface area contributed by atoms with Crippen LogP contribution in [0.2, 0.25) is 0 Å². The number of hydrogen-bond donors (Lipinski definition) is 1. The molecule has 0 bridgehead atoms. The summed E-state index contributed by atoms with van der Waals surface area (Å²) in [5.74, 6) is 0.752. The molecule has 3 heteroatoms. The monoisotopic (exact) mass is 203 g/mol. The van der Waals surface area contributed by atoms with Crippen LogP contribution in [-0.4, -0.2) is 16.9 Å². The minimum absolute atomic E-state index is 0.0970. The second-order valence-electron chi connectivity index (χ2n) is 3.53. The van der Waals surface area contributed by atoms with Gasteiger partial charge in [0.1, 0.15) is 0 Å². The van der Waals surface area contributed by atoms with Gasteiger partial charge in [0.15, 0.2) is 5.76 Å². The number of nitrogens with zero attached hydrogens (tertiary/aromatic N) is 1. The lowest BCUT2D eigenvalue weighted by Crippen LogP contribution is -1.88. The second-order valence-corrected chi connectivity index (χ2v) is 3.53. The summed E-state index contributed by atoms with van der Waals surface area (Å²) in [4.78, 5) is 0. The molecule has 1 heterocycles. The highest BCUT2D eigenvalue weighted by molar-refractivity contribution is 5.58. The van der Waals surface area contributed by atoms with Crippen LogP contribution in [0, 0.1) is 6.92 Å². The molecule has 1 aromatic heterocycles. The molecule has 0 aliphatic heterocycles. The van der Waals surface area contributed by atoms with Crippen LogP contribution in [0.4, 0.5) is 0 Å². The van der Waals surface area contributed by atoms with Gasteiger partial charge in [-0.2, -0.15) is 0 Å². The molecule has 0 saturated heterocycles. The molecule has 1 aromatic carbocycles. The lowest BCUT2D eigenvalue weighted by Gasteiger charge is -1.95. The SMILES string of the molecule is Cc1cccc(-c2cc(CCO)no2)c1. The molecule has 15 heavy (non-hydrogen) atoms. The van der Waals surface area contributed by atoms with E-state index in [1.807, 2.05) is 37.3 Å². The molecule has 2 aromatic rings. The van der Waals surface area contributed by atoms with Gasteiger partial charge in [-0.25, -0.2) is 0 Å². The third-order valence-electron chi connectivity index (χ3n) is 2.23. The van der Waals surface area contributed by atoms with Crippen LogP contribution in [0.15, 0.2) is 34.9 Å². The van der Waals surface area contributed by atoms with Crippen LogP contribution in [0.5, 0.6) is 0 Å². The van der Waals surface area contributed by atoms with Gasteiger partial charge in [-0.1, -0.05) is 28.9 Å². The minimum Gasteiger partial charge on any atom is -0.396 e. The van der Waals surface area contributed by atoms with E-state index in [1.54, 1.807) is 0 Å². The molecule has 0 atom stereocenters. The number of aliphatic hydroxyl groups excluding tert-OH is 1. The van der Waals surface area contributed by atoms with Gasteiger partial charge in [0.2, 0.25) is 0 Å². The highest BCUT2D eigenvalue weighted by Crippen LogP contribution is 2.21. The fourth-order valence-corrected chi connectivity index (χ4v) is 1.48. The van der Waals surface area contributed by atoms with E-state index in [4.69, 9.17) is 9.63 Å². The first-order valence-electron chi connectivity index (χ1n) is 4.93. The van der Waals surface area contributed by atoms with E-state index >= 15 is 0 Å². The summed E-state index contributed by atoms with van der Waals surface area (Å²) in [6, 6.07) is 9.91. The summed E-state index contributed by atoms with van der Waals surface area (Å²) < 4.78 is 5.20. The van der Waals surface area contributed by atoms with Crippen LogP contribution in [-0.2, 0) is 6.42 Å². The van der Waals surface area contributed by atoms with Crippen molar-refractivity contribution in [1.82, 2.24) is 5.16 Å². The zero-order chi connectivity index (χ0) is 10.7. The first kappa shape index (κ1) is 9.93. The van der Waals surface area contributed by atoms with E-state index in [2.05, 4.69) is 5.16 Å². The summed E-state index contributed by atoms with van der Waals surface area (Å²) in [6.45, 7) is 2.13. The molecule has 0 amide bonds. The fraction of sp³-hybridized carbons (Fsp3) is 0.250. The van der Waals surface area contributed by atoms with Crippen LogP contribution in [0.3, 0.4) is 0 Å². The number of aliphatic hydroxyl groups is 1. The highest BCUT2D eigenvalue weighted by Gasteiger charge is 2.05. The predicted molar refractivity (Wildman–Crippen MR) is 57.5 cm³/mol. The molecule has 3 nitrogen and oxygen atoms in total. The Bertz CT molecular complexity index is 448. The number of aryl methyl sites for hydroxylation is 1. The van der Waals surface area contributed by atoms with E-state index < -0.39 is 0 Å². The van der Waals surface area contributed by atoms with Crippen LogP contribution < -0.4 is 0 Å². The second kappa shape index (κ2) is 4.28. The fourth-order valence-electron chi connectivity index (χ4n) is 1.48. The minimum atomic E-state index is 0.0970. The summed E-state index contributed by atoms with van der Waals surface area (Å²) in [5.41, 5.74) is 2.99. The van der Waals surface area contributed by atoms with Gasteiger partial charge in [0.25, 0.3) is 0 Å². The molecular weight excluding hydrogens is 190 g/mol. The average Bonchev–Trinajstić information content (AvgIpc) is 2.67. The van der Waals surface area contributed by atoms with Crippen LogP contribution in [0.25, 0.3) is 11.3 Å². The maximum absolute atomic E-state index is 8.76. The zero-order valence-corrected chi connectivity index (χ0v) is 8.60. The van der Waals surface area contributed by atoms with E-state index in [-0.39, 0.29) is 6.61 Å². The largest absolute Gasteiger partial charge is 0.396 e. The number of rotatable bonds is 3. The molecule has 0 fully saturated rings. The maximum Gasteiger partial charge on any atom is 0.167 e. The first-order chi connectivity index (χ1) is 7.29. The Labute approximate surface area is 88.3 Å². The molecule has 0 unspecified atom stereocenters. The van der Waals surface area contributed by atoms with Crippen molar-refractivity contribution in [2.24, 2.45) is 0 Å². The first-order valence-corrected chi connectivity index (χ1v) is 4.93. The number of hydrogen-bond acceptors (Lipinski definition) is 3. The molecule has 0 saturated carbocycles. The van der Waals surface area contributed by atoms with Crippen molar-refractivity contribution in [2.75, 3.05) is 6.61 Å². The van der Waals surface area contributed by atoms with Crippen molar-refractivity contribution in [2.45, 2.75) is 13.3 Å². The average molecular weight is 203 g/mol. The maximum atomic E-state index is 8.76. The Morgan fingerprint density at radius 1 is 1.33 bits per heavy atom. The van der Waals surface area contributed by atoms with Crippen LogP contribution >= 0.6 is 0 Å². The molecule has 2 rings (SSSR count). The summed E-state index contributed by atoms with van der Waals surface area (Å²) >= 11 is 0. The van der Waals surface area contributed by atoms with Crippen molar-refractivity contribution in [3.05, 3.63) is 41.6 Å². The van der Waals surface area contributed by atoms with Gasteiger partial charge in [-0.3, -0.25) is 0 Å². The van der Waals surface area contributed by atoms with Crippen molar-refractivity contribution in [1.29, 1.82) is 0 Å². The normalized spacial score (nSPS) is 10.5. The van der Waals surface area contributed by atoms with Gasteiger partial charge in [0.05, 0.1) is 5.69 Å². The zero-order valence-electron chi connectivity index (χ0n) is 8.60. The van der Waals surface area contributed by atoms with E-state index in [1.165, 1.54) is 5.56 Å². The van der Waals surface area contributed by atoms with Gasteiger partial charge < -0.3 is 9.63 Å². The third-order valence-corrected chi connectivity index (χ3v) is 2.23. The molecular formula is C12H13NO2. The van der Waals surface area contributed by atoms with E-state index in [0.717, 1.165) is 17.0 Å². The lowest BCUT2D eigenvalue weighted by atomic mass is 10.1. The van der Waals surface area contributed by atoms with Gasteiger partial charge >= 0.3 is 0 Å². The molecule has 0 radical (unpaired) electrons. The molecule has 0 aliphatic rings. The Morgan fingerprint density at radius 2 is 2.20 bits per heavy atom. The summed E-state index contributed by atoms with van der Waals surface area (Å²) in [6.07, 6.45) is 0.537. The van der Waals surface area contributed by atoms with Crippen LogP contribution in [0.1, 0.15) is 11.3 Å². The molecule has 78 valence electrons. The highest BCUT2D eigenvalue weighted by atomic mass is 16.5. The number of aromatic nitrogens is 1. The summed E-state index contributed by atoms with van der Waals surface area (Å²) in [5, 5.41) is 12.6. The van der Waals surface area contributed by atoms with E-state index in [9.17, 15) is 0 Å².